The fourth-order valence-electron chi connectivity index (χ4n) is 2.12. The summed E-state index contributed by atoms with van der Waals surface area (Å²) in [5, 5.41) is 3.64. The van der Waals surface area contributed by atoms with E-state index in [-0.39, 0.29) is 0 Å². The van der Waals surface area contributed by atoms with Crippen LogP contribution in [0.2, 0.25) is 0 Å². The Labute approximate surface area is 108 Å². The molecule has 1 aromatic carbocycles. The summed E-state index contributed by atoms with van der Waals surface area (Å²) in [4.78, 5) is 0. The number of benzene rings is 1. The molecule has 1 fully saturated rings. The summed E-state index contributed by atoms with van der Waals surface area (Å²) in [6.07, 6.45) is 1.27. The first-order valence-corrected chi connectivity index (χ1v) is 7.26. The zero-order valence-corrected chi connectivity index (χ0v) is 11.6. The number of hydrogen-bond donors (Lipinski definition) is 1. The number of hydrogen-bond acceptors (Lipinski definition) is 3. The van der Waals surface area contributed by atoms with E-state index < -0.39 is 0 Å². The van der Waals surface area contributed by atoms with E-state index in [9.17, 15) is 0 Å². The minimum absolute atomic E-state index is 0.353. The van der Waals surface area contributed by atoms with Crippen LogP contribution in [0.4, 0.5) is 5.69 Å². The molecule has 1 aliphatic heterocycles. The third-order valence-corrected chi connectivity index (χ3v) is 4.62. The third-order valence-electron chi connectivity index (χ3n) is 3.56. The average Bonchev–Trinajstić information content (AvgIpc) is 2.32. The van der Waals surface area contributed by atoms with E-state index in [2.05, 4.69) is 25.2 Å². The van der Waals surface area contributed by atoms with Crippen molar-refractivity contribution in [1.29, 1.82) is 0 Å². The van der Waals surface area contributed by atoms with Crippen molar-refractivity contribution in [3.63, 3.8) is 0 Å². The van der Waals surface area contributed by atoms with Crippen molar-refractivity contribution < 1.29 is 4.74 Å². The quantitative estimate of drug-likeness (QED) is 0.886. The lowest BCUT2D eigenvalue weighted by Crippen LogP contribution is -2.41. The van der Waals surface area contributed by atoms with Gasteiger partial charge in [0.05, 0.1) is 12.8 Å². The number of anilines is 1. The normalized spacial score (nSPS) is 23.1. The lowest BCUT2D eigenvalue weighted by atomic mass is 9.82. The van der Waals surface area contributed by atoms with E-state index in [1.54, 1.807) is 7.11 Å². The maximum Gasteiger partial charge on any atom is 0.141 e. The van der Waals surface area contributed by atoms with Gasteiger partial charge in [-0.3, -0.25) is 0 Å². The van der Waals surface area contributed by atoms with Crippen LogP contribution < -0.4 is 10.1 Å². The Morgan fingerprint density at radius 2 is 2.12 bits per heavy atom. The third kappa shape index (κ3) is 2.89. The molecule has 1 heterocycles. The van der Waals surface area contributed by atoms with Crippen LogP contribution in [0.1, 0.15) is 20.3 Å². The molecule has 0 radical (unpaired) electrons. The topological polar surface area (TPSA) is 21.3 Å². The molecule has 1 N–H and O–H groups in total. The highest BCUT2D eigenvalue weighted by Crippen LogP contribution is 2.37. The van der Waals surface area contributed by atoms with Crippen LogP contribution in [0.3, 0.4) is 0 Å². The van der Waals surface area contributed by atoms with Gasteiger partial charge in [0.15, 0.2) is 0 Å². The van der Waals surface area contributed by atoms with Crippen molar-refractivity contribution >= 4 is 17.4 Å². The second-order valence-corrected chi connectivity index (χ2v) is 6.36. The molecule has 0 bridgehead atoms. The SMILES string of the molecule is COc1ccccc1NC1CSCCC1(C)C. The smallest absolute Gasteiger partial charge is 0.141 e. The largest absolute Gasteiger partial charge is 0.495 e. The highest BCUT2D eigenvalue weighted by molar-refractivity contribution is 7.99. The highest BCUT2D eigenvalue weighted by atomic mass is 32.2. The molecule has 1 aliphatic rings. The van der Waals surface area contributed by atoms with Crippen LogP contribution in [-0.2, 0) is 0 Å². The number of thioether (sulfide) groups is 1. The summed E-state index contributed by atoms with van der Waals surface area (Å²) in [6, 6.07) is 8.66. The van der Waals surface area contributed by atoms with Crippen molar-refractivity contribution in [3.8, 4) is 5.75 Å². The lowest BCUT2D eigenvalue weighted by molar-refractivity contribution is 0.304. The molecule has 0 spiro atoms. The first-order valence-electron chi connectivity index (χ1n) is 6.11. The minimum atomic E-state index is 0.353. The maximum absolute atomic E-state index is 5.39. The molecular weight excluding hydrogens is 230 g/mol. The second-order valence-electron chi connectivity index (χ2n) is 5.21. The monoisotopic (exact) mass is 251 g/mol. The summed E-state index contributed by atoms with van der Waals surface area (Å²) in [5.41, 5.74) is 1.46. The van der Waals surface area contributed by atoms with E-state index in [1.165, 1.54) is 17.9 Å². The van der Waals surface area contributed by atoms with Crippen molar-refractivity contribution in [1.82, 2.24) is 0 Å². The van der Waals surface area contributed by atoms with Gasteiger partial charge in [0.2, 0.25) is 0 Å². The van der Waals surface area contributed by atoms with Crippen LogP contribution in [0.5, 0.6) is 5.75 Å². The van der Waals surface area contributed by atoms with E-state index in [1.807, 2.05) is 30.0 Å². The Kier molecular flexibility index (Phi) is 3.87. The Bertz CT molecular complexity index is 378. The van der Waals surface area contributed by atoms with Crippen LogP contribution in [0.25, 0.3) is 0 Å². The number of nitrogens with one attached hydrogen (secondary N) is 1. The fraction of sp³-hybridized carbons (Fsp3) is 0.571. The van der Waals surface area contributed by atoms with Gasteiger partial charge in [0.25, 0.3) is 0 Å². The van der Waals surface area contributed by atoms with Gasteiger partial charge in [-0.2, -0.15) is 11.8 Å². The molecule has 1 unspecified atom stereocenters. The molecule has 1 atom stereocenters. The predicted octanol–water partition coefficient (Wildman–Crippen LogP) is 3.64. The molecule has 2 rings (SSSR count). The molecule has 17 heavy (non-hydrogen) atoms. The van der Waals surface area contributed by atoms with E-state index in [4.69, 9.17) is 4.74 Å². The maximum atomic E-state index is 5.39. The lowest BCUT2D eigenvalue weighted by Gasteiger charge is -2.39. The van der Waals surface area contributed by atoms with Gasteiger partial charge < -0.3 is 10.1 Å². The summed E-state index contributed by atoms with van der Waals surface area (Å²) < 4.78 is 5.39. The summed E-state index contributed by atoms with van der Waals surface area (Å²) in [7, 11) is 1.72. The Balaban J connectivity index is 2.14. The standard InChI is InChI=1S/C14H21NOS/c1-14(2)8-9-17-10-13(14)15-11-6-4-5-7-12(11)16-3/h4-7,13,15H,8-10H2,1-3H3. The number of rotatable bonds is 3. The molecule has 0 aromatic heterocycles. The van der Waals surface area contributed by atoms with Crippen molar-refractivity contribution in [3.05, 3.63) is 24.3 Å². The van der Waals surface area contributed by atoms with E-state index in [0.717, 1.165) is 11.4 Å². The molecule has 3 heteroatoms. The number of methoxy groups -OCH3 is 1. The van der Waals surface area contributed by atoms with Gasteiger partial charge in [-0.15, -0.1) is 0 Å². The van der Waals surface area contributed by atoms with Crippen molar-refractivity contribution in [2.75, 3.05) is 23.9 Å². The molecule has 1 aromatic rings. The van der Waals surface area contributed by atoms with Crippen LogP contribution >= 0.6 is 11.8 Å². The Morgan fingerprint density at radius 1 is 1.35 bits per heavy atom. The molecule has 0 aliphatic carbocycles. The number of ether oxygens (including phenoxy) is 1. The Hall–Kier alpha value is -0.830. The Morgan fingerprint density at radius 3 is 2.82 bits per heavy atom. The van der Waals surface area contributed by atoms with Gasteiger partial charge in [0, 0.05) is 11.8 Å². The first kappa shape index (κ1) is 12.6. The summed E-state index contributed by atoms with van der Waals surface area (Å²) in [6.45, 7) is 4.69. The molecule has 0 saturated carbocycles. The van der Waals surface area contributed by atoms with Crippen molar-refractivity contribution in [2.45, 2.75) is 26.3 Å². The van der Waals surface area contributed by atoms with Crippen LogP contribution in [0.15, 0.2) is 24.3 Å². The molecule has 1 saturated heterocycles. The number of para-hydroxylation sites is 2. The fourth-order valence-corrected chi connectivity index (χ4v) is 3.73. The van der Waals surface area contributed by atoms with Crippen LogP contribution in [-0.4, -0.2) is 24.7 Å². The molecule has 2 nitrogen and oxygen atoms in total. The second kappa shape index (κ2) is 5.21. The molecule has 94 valence electrons. The first-order chi connectivity index (χ1) is 8.13. The predicted molar refractivity (Wildman–Crippen MR) is 76.1 cm³/mol. The van der Waals surface area contributed by atoms with Crippen molar-refractivity contribution in [2.24, 2.45) is 5.41 Å². The van der Waals surface area contributed by atoms with Crippen LogP contribution in [0, 0.1) is 5.41 Å². The van der Waals surface area contributed by atoms with Gasteiger partial charge in [-0.1, -0.05) is 26.0 Å². The van der Waals surface area contributed by atoms with Gasteiger partial charge in [-0.25, -0.2) is 0 Å². The van der Waals surface area contributed by atoms with E-state index in [0.29, 0.717) is 11.5 Å². The summed E-state index contributed by atoms with van der Waals surface area (Å²) in [5.74, 6) is 3.38. The average molecular weight is 251 g/mol. The molecular formula is C14H21NOS. The van der Waals surface area contributed by atoms with Gasteiger partial charge in [-0.05, 0) is 29.7 Å². The summed E-state index contributed by atoms with van der Waals surface area (Å²) >= 11 is 2.03. The van der Waals surface area contributed by atoms with Gasteiger partial charge >= 0.3 is 0 Å². The minimum Gasteiger partial charge on any atom is -0.495 e. The zero-order valence-electron chi connectivity index (χ0n) is 10.8. The molecule has 0 amide bonds. The zero-order chi connectivity index (χ0) is 12.3. The van der Waals surface area contributed by atoms with E-state index >= 15 is 0 Å². The van der Waals surface area contributed by atoms with Gasteiger partial charge in [0.1, 0.15) is 5.75 Å². The highest BCUT2D eigenvalue weighted by Gasteiger charge is 2.32.